The highest BCUT2D eigenvalue weighted by molar-refractivity contribution is 6.06. The van der Waals surface area contributed by atoms with E-state index < -0.39 is 11.7 Å². The van der Waals surface area contributed by atoms with E-state index in [2.05, 4.69) is 20.9 Å². The van der Waals surface area contributed by atoms with Crippen LogP contribution in [0.4, 0.5) is 20.6 Å². The van der Waals surface area contributed by atoms with Crippen molar-refractivity contribution in [1.82, 2.24) is 10.3 Å². The lowest BCUT2D eigenvalue weighted by Crippen LogP contribution is -2.27. The van der Waals surface area contributed by atoms with Crippen molar-refractivity contribution in [2.24, 2.45) is 0 Å². The van der Waals surface area contributed by atoms with Gasteiger partial charge in [0, 0.05) is 22.3 Å². The largest absolute Gasteiger partial charge is 0.467 e. The van der Waals surface area contributed by atoms with Crippen molar-refractivity contribution in [3.05, 3.63) is 84.2 Å². The molecular weight excluding hydrogens is 375 g/mol. The van der Waals surface area contributed by atoms with Crippen molar-refractivity contribution in [2.75, 3.05) is 10.6 Å². The summed E-state index contributed by atoms with van der Waals surface area (Å²) in [6.45, 7) is 0.276. The number of halogens is 1. The number of urea groups is 1. The molecule has 0 saturated carbocycles. The van der Waals surface area contributed by atoms with Crippen LogP contribution in [-0.2, 0) is 6.54 Å². The number of aromatic nitrogens is 1. The zero-order valence-electron chi connectivity index (χ0n) is 15.2. The highest BCUT2D eigenvalue weighted by Gasteiger charge is 2.12. The molecule has 8 heteroatoms. The maximum absolute atomic E-state index is 13.8. The number of furan rings is 1. The molecule has 2 aromatic carbocycles. The van der Waals surface area contributed by atoms with Crippen LogP contribution in [0.25, 0.3) is 10.9 Å². The Morgan fingerprint density at radius 1 is 0.966 bits per heavy atom. The average molecular weight is 392 g/mol. The first-order valence-corrected chi connectivity index (χ1v) is 8.84. The van der Waals surface area contributed by atoms with Gasteiger partial charge in [-0.3, -0.25) is 4.79 Å². The second kappa shape index (κ2) is 7.89. The minimum Gasteiger partial charge on any atom is -0.467 e. The summed E-state index contributed by atoms with van der Waals surface area (Å²) in [5.74, 6) is -0.133. The molecule has 0 aliphatic carbocycles. The van der Waals surface area contributed by atoms with Gasteiger partial charge in [-0.15, -0.1) is 0 Å². The van der Waals surface area contributed by atoms with E-state index in [0.717, 1.165) is 0 Å². The molecule has 3 amide bonds. The summed E-state index contributed by atoms with van der Waals surface area (Å²) in [4.78, 5) is 27.2. The third kappa shape index (κ3) is 4.27. The van der Waals surface area contributed by atoms with Crippen LogP contribution in [0.3, 0.4) is 0 Å². The molecule has 0 spiro atoms. The van der Waals surface area contributed by atoms with Crippen molar-refractivity contribution in [3.63, 3.8) is 0 Å². The lowest BCUT2D eigenvalue weighted by Gasteiger charge is -2.08. The van der Waals surface area contributed by atoms with E-state index in [1.54, 1.807) is 48.5 Å². The second-order valence-corrected chi connectivity index (χ2v) is 6.30. The van der Waals surface area contributed by atoms with Crippen LogP contribution in [0.5, 0.6) is 0 Å². The monoisotopic (exact) mass is 392 g/mol. The van der Waals surface area contributed by atoms with Gasteiger partial charge in [-0.2, -0.15) is 0 Å². The summed E-state index contributed by atoms with van der Waals surface area (Å²) in [5.41, 5.74) is 1.91. The fraction of sp³-hybridized carbons (Fsp3) is 0.0476. The zero-order valence-corrected chi connectivity index (χ0v) is 15.2. The van der Waals surface area contributed by atoms with Crippen molar-refractivity contribution in [3.8, 4) is 0 Å². The summed E-state index contributed by atoms with van der Waals surface area (Å²) in [6.07, 6.45) is 1.54. The third-order valence-corrected chi connectivity index (χ3v) is 4.26. The van der Waals surface area contributed by atoms with Gasteiger partial charge in [0.05, 0.1) is 12.8 Å². The minimum absolute atomic E-state index is 0.254. The topological polar surface area (TPSA) is 99.2 Å². The van der Waals surface area contributed by atoms with Gasteiger partial charge in [0.1, 0.15) is 17.3 Å². The molecule has 146 valence electrons. The SMILES string of the molecule is O=C(NCc1ccco1)Nc1ccc(NC(=O)c2cc3c(F)cccc3[nH]2)cc1. The Morgan fingerprint density at radius 3 is 2.41 bits per heavy atom. The molecule has 0 aliphatic rings. The number of amides is 3. The average Bonchev–Trinajstić information content (AvgIpc) is 3.38. The van der Waals surface area contributed by atoms with Gasteiger partial charge in [0.2, 0.25) is 0 Å². The highest BCUT2D eigenvalue weighted by atomic mass is 19.1. The molecule has 0 fully saturated rings. The molecule has 7 nitrogen and oxygen atoms in total. The minimum atomic E-state index is -0.391. The van der Waals surface area contributed by atoms with Crippen molar-refractivity contribution < 1.29 is 18.4 Å². The van der Waals surface area contributed by atoms with Gasteiger partial charge in [-0.1, -0.05) is 6.07 Å². The van der Waals surface area contributed by atoms with Crippen LogP contribution in [0.2, 0.25) is 0 Å². The molecule has 0 saturated heterocycles. The summed E-state index contributed by atoms with van der Waals surface area (Å²) >= 11 is 0. The molecular formula is C21H17FN4O3. The lowest BCUT2D eigenvalue weighted by molar-refractivity contribution is 0.102. The first-order chi connectivity index (χ1) is 14.1. The Balaban J connectivity index is 1.35. The Hall–Kier alpha value is -4.07. The predicted molar refractivity (Wildman–Crippen MR) is 107 cm³/mol. The van der Waals surface area contributed by atoms with Crippen LogP contribution in [0.1, 0.15) is 16.2 Å². The first kappa shape index (κ1) is 18.3. The number of rotatable bonds is 5. The smallest absolute Gasteiger partial charge is 0.319 e. The van der Waals surface area contributed by atoms with E-state index in [1.165, 1.54) is 18.4 Å². The number of benzene rings is 2. The van der Waals surface area contributed by atoms with E-state index in [0.29, 0.717) is 28.0 Å². The van der Waals surface area contributed by atoms with Crippen molar-refractivity contribution >= 4 is 34.2 Å². The maximum atomic E-state index is 13.8. The number of hydrogen-bond acceptors (Lipinski definition) is 3. The number of carbonyl (C=O) groups is 2. The van der Waals surface area contributed by atoms with Crippen molar-refractivity contribution in [1.29, 1.82) is 0 Å². The van der Waals surface area contributed by atoms with Crippen LogP contribution in [-0.4, -0.2) is 16.9 Å². The van der Waals surface area contributed by atoms with Crippen LogP contribution >= 0.6 is 0 Å². The molecule has 0 radical (unpaired) electrons. The molecule has 4 aromatic rings. The first-order valence-electron chi connectivity index (χ1n) is 8.84. The maximum Gasteiger partial charge on any atom is 0.319 e. The number of fused-ring (bicyclic) bond motifs is 1. The van der Waals surface area contributed by atoms with Gasteiger partial charge in [-0.05, 0) is 54.6 Å². The predicted octanol–water partition coefficient (Wildman–Crippen LogP) is 4.47. The van der Waals surface area contributed by atoms with E-state index in [-0.39, 0.29) is 18.3 Å². The molecule has 2 heterocycles. The summed E-state index contributed by atoms with van der Waals surface area (Å²) < 4.78 is 18.9. The quantitative estimate of drug-likeness (QED) is 0.403. The number of carbonyl (C=O) groups excluding carboxylic acids is 2. The van der Waals surface area contributed by atoms with Gasteiger partial charge < -0.3 is 25.4 Å². The van der Waals surface area contributed by atoms with Gasteiger partial charge in [-0.25, -0.2) is 9.18 Å². The van der Waals surface area contributed by atoms with Gasteiger partial charge in [0.25, 0.3) is 5.91 Å². The van der Waals surface area contributed by atoms with E-state index in [1.807, 2.05) is 0 Å². The molecule has 4 N–H and O–H groups in total. The number of nitrogens with one attached hydrogen (secondary N) is 4. The Labute approximate surface area is 164 Å². The molecule has 2 aromatic heterocycles. The highest BCUT2D eigenvalue weighted by Crippen LogP contribution is 2.20. The van der Waals surface area contributed by atoms with Crippen LogP contribution in [0.15, 0.2) is 71.3 Å². The Bertz CT molecular complexity index is 1150. The number of anilines is 2. The zero-order chi connectivity index (χ0) is 20.2. The van der Waals surface area contributed by atoms with Crippen molar-refractivity contribution in [2.45, 2.75) is 6.54 Å². The fourth-order valence-corrected chi connectivity index (χ4v) is 2.83. The summed E-state index contributed by atoms with van der Waals surface area (Å²) in [6, 6.07) is 15.9. The Kier molecular flexibility index (Phi) is 4.98. The number of hydrogen-bond donors (Lipinski definition) is 4. The fourth-order valence-electron chi connectivity index (χ4n) is 2.83. The van der Waals surface area contributed by atoms with Crippen LogP contribution in [0, 0.1) is 5.82 Å². The van der Waals surface area contributed by atoms with E-state index >= 15 is 0 Å². The summed E-state index contributed by atoms with van der Waals surface area (Å²) in [7, 11) is 0. The second-order valence-electron chi connectivity index (χ2n) is 6.30. The molecule has 0 atom stereocenters. The molecule has 29 heavy (non-hydrogen) atoms. The van der Waals surface area contributed by atoms with E-state index in [4.69, 9.17) is 4.42 Å². The third-order valence-electron chi connectivity index (χ3n) is 4.26. The molecule has 0 bridgehead atoms. The van der Waals surface area contributed by atoms with Crippen LogP contribution < -0.4 is 16.0 Å². The molecule has 0 aliphatic heterocycles. The number of H-pyrrole nitrogens is 1. The molecule has 0 unspecified atom stereocenters. The Morgan fingerprint density at radius 2 is 1.72 bits per heavy atom. The normalized spacial score (nSPS) is 10.7. The van der Waals surface area contributed by atoms with Gasteiger partial charge in [0.15, 0.2) is 0 Å². The van der Waals surface area contributed by atoms with Gasteiger partial charge >= 0.3 is 6.03 Å². The lowest BCUT2D eigenvalue weighted by atomic mass is 10.2. The number of aromatic amines is 1. The summed E-state index contributed by atoms with van der Waals surface area (Å²) in [5, 5.41) is 8.45. The van der Waals surface area contributed by atoms with E-state index in [9.17, 15) is 14.0 Å². The standard InChI is InChI=1S/C21H17FN4O3/c22-17-4-1-5-18-16(17)11-19(26-18)20(27)24-13-6-8-14(9-7-13)25-21(28)23-12-15-3-2-10-29-15/h1-11,26H,12H2,(H,24,27)(H2,23,25,28). The molecule has 4 rings (SSSR count).